The molecular weight excluding hydrogens is 261 g/mol. The van der Waals surface area contributed by atoms with Crippen LogP contribution >= 0.6 is 15.9 Å². The van der Waals surface area contributed by atoms with Crippen molar-refractivity contribution in [2.24, 2.45) is 0 Å². The van der Waals surface area contributed by atoms with Gasteiger partial charge in [-0.15, -0.1) is 0 Å². The summed E-state index contributed by atoms with van der Waals surface area (Å²) in [5, 5.41) is 8.29. The van der Waals surface area contributed by atoms with Gasteiger partial charge in [0.15, 0.2) is 0 Å². The van der Waals surface area contributed by atoms with Gasteiger partial charge in [0.25, 0.3) is 6.43 Å². The van der Waals surface area contributed by atoms with Crippen molar-refractivity contribution in [2.75, 3.05) is 0 Å². The standard InChI is InChI=1S/C8H4BrF3N2/c9-7-4(8(11)12)3-5(10)6(14-7)1-2-13/h3,8H,1H2. The second kappa shape index (κ2) is 4.42. The Morgan fingerprint density at radius 2 is 2.21 bits per heavy atom. The summed E-state index contributed by atoms with van der Waals surface area (Å²) >= 11 is 2.78. The van der Waals surface area contributed by atoms with Crippen molar-refractivity contribution in [3.63, 3.8) is 0 Å². The molecule has 0 unspecified atom stereocenters. The van der Waals surface area contributed by atoms with Crippen molar-refractivity contribution in [3.05, 3.63) is 27.7 Å². The minimum atomic E-state index is -2.79. The number of hydrogen-bond donors (Lipinski definition) is 0. The molecule has 0 amide bonds. The quantitative estimate of drug-likeness (QED) is 0.771. The molecule has 14 heavy (non-hydrogen) atoms. The first-order chi connectivity index (χ1) is 6.56. The number of aromatic nitrogens is 1. The summed E-state index contributed by atoms with van der Waals surface area (Å²) in [4.78, 5) is 3.52. The first kappa shape index (κ1) is 11.0. The van der Waals surface area contributed by atoms with Gasteiger partial charge in [-0.1, -0.05) is 0 Å². The number of pyridine rings is 1. The monoisotopic (exact) mass is 264 g/mol. The molecule has 1 aromatic heterocycles. The largest absolute Gasteiger partial charge is 0.266 e. The molecule has 0 aromatic carbocycles. The van der Waals surface area contributed by atoms with Crippen LogP contribution in [0.5, 0.6) is 0 Å². The zero-order valence-electron chi connectivity index (χ0n) is 6.77. The van der Waals surface area contributed by atoms with Gasteiger partial charge >= 0.3 is 0 Å². The lowest BCUT2D eigenvalue weighted by Crippen LogP contribution is -1.99. The van der Waals surface area contributed by atoms with E-state index < -0.39 is 17.8 Å². The molecule has 0 saturated heterocycles. The third-order valence-corrected chi connectivity index (χ3v) is 2.15. The van der Waals surface area contributed by atoms with Crippen LogP contribution in [0.1, 0.15) is 17.7 Å². The number of nitrogens with zero attached hydrogens (tertiary/aromatic N) is 2. The van der Waals surface area contributed by atoms with Crippen molar-refractivity contribution in [2.45, 2.75) is 12.8 Å². The van der Waals surface area contributed by atoms with Gasteiger partial charge < -0.3 is 0 Å². The minimum Gasteiger partial charge on any atom is -0.241 e. The van der Waals surface area contributed by atoms with Crippen molar-refractivity contribution >= 4 is 15.9 Å². The Kier molecular flexibility index (Phi) is 3.47. The van der Waals surface area contributed by atoms with E-state index in [4.69, 9.17) is 5.26 Å². The SMILES string of the molecule is N#CCc1nc(Br)c(C(F)F)cc1F. The smallest absolute Gasteiger partial charge is 0.241 e. The van der Waals surface area contributed by atoms with Crippen molar-refractivity contribution in [1.82, 2.24) is 4.98 Å². The van der Waals surface area contributed by atoms with E-state index >= 15 is 0 Å². The third kappa shape index (κ3) is 2.23. The van der Waals surface area contributed by atoms with Gasteiger partial charge in [0, 0.05) is 0 Å². The molecule has 0 fully saturated rings. The number of rotatable bonds is 2. The van der Waals surface area contributed by atoms with Gasteiger partial charge in [-0.3, -0.25) is 0 Å². The Bertz CT molecular complexity index is 387. The van der Waals surface area contributed by atoms with Crippen LogP contribution in [-0.4, -0.2) is 4.98 Å². The molecule has 0 aliphatic rings. The van der Waals surface area contributed by atoms with Crippen LogP contribution in [0.3, 0.4) is 0 Å². The van der Waals surface area contributed by atoms with Gasteiger partial charge in [-0.05, 0) is 22.0 Å². The summed E-state index contributed by atoms with van der Waals surface area (Å²) < 4.78 is 37.3. The summed E-state index contributed by atoms with van der Waals surface area (Å²) in [5.41, 5.74) is -0.645. The van der Waals surface area contributed by atoms with Crippen molar-refractivity contribution in [1.29, 1.82) is 5.26 Å². The first-order valence-electron chi connectivity index (χ1n) is 3.56. The predicted molar refractivity (Wildman–Crippen MR) is 46.2 cm³/mol. The van der Waals surface area contributed by atoms with Crippen LogP contribution < -0.4 is 0 Å². The van der Waals surface area contributed by atoms with Crippen LogP contribution in [0.4, 0.5) is 13.2 Å². The highest BCUT2D eigenvalue weighted by atomic mass is 79.9. The van der Waals surface area contributed by atoms with Gasteiger partial charge in [-0.25, -0.2) is 18.2 Å². The summed E-state index contributed by atoms with van der Waals surface area (Å²) in [6, 6.07) is 2.38. The Morgan fingerprint density at radius 1 is 1.57 bits per heavy atom. The van der Waals surface area contributed by atoms with Gasteiger partial charge in [0.1, 0.15) is 10.4 Å². The van der Waals surface area contributed by atoms with Crippen LogP contribution in [0.25, 0.3) is 0 Å². The number of nitriles is 1. The number of alkyl halides is 2. The molecule has 2 nitrogen and oxygen atoms in total. The molecular formula is C8H4BrF3N2. The molecule has 0 atom stereocenters. The second-order valence-corrected chi connectivity index (χ2v) is 3.18. The van der Waals surface area contributed by atoms with E-state index in [2.05, 4.69) is 20.9 Å². The van der Waals surface area contributed by atoms with Gasteiger partial charge in [0.05, 0.1) is 23.7 Å². The zero-order chi connectivity index (χ0) is 10.7. The normalized spacial score (nSPS) is 10.3. The van der Waals surface area contributed by atoms with Gasteiger partial charge in [-0.2, -0.15) is 5.26 Å². The van der Waals surface area contributed by atoms with Gasteiger partial charge in [0.2, 0.25) is 0 Å². The predicted octanol–water partition coefficient (Wildman–Crippen LogP) is 2.99. The summed E-state index contributed by atoms with van der Waals surface area (Å²) in [6.07, 6.45) is -3.03. The molecule has 0 spiro atoms. The van der Waals surface area contributed by atoms with Crippen molar-refractivity contribution in [3.8, 4) is 6.07 Å². The molecule has 0 saturated carbocycles. The fraction of sp³-hybridized carbons (Fsp3) is 0.250. The average Bonchev–Trinajstić information content (AvgIpc) is 2.10. The lowest BCUT2D eigenvalue weighted by atomic mass is 10.2. The van der Waals surface area contributed by atoms with Crippen LogP contribution in [-0.2, 0) is 6.42 Å². The lowest BCUT2D eigenvalue weighted by molar-refractivity contribution is 0.149. The summed E-state index contributed by atoms with van der Waals surface area (Å²) in [6.45, 7) is 0. The Labute approximate surface area is 86.5 Å². The Morgan fingerprint density at radius 3 is 2.71 bits per heavy atom. The molecule has 0 N–H and O–H groups in total. The average molecular weight is 265 g/mol. The molecule has 1 rings (SSSR count). The molecule has 6 heteroatoms. The molecule has 0 bridgehead atoms. The fourth-order valence-corrected chi connectivity index (χ4v) is 1.37. The highest BCUT2D eigenvalue weighted by molar-refractivity contribution is 9.10. The Balaban J connectivity index is 3.18. The topological polar surface area (TPSA) is 36.7 Å². The Hall–Kier alpha value is -1.09. The van der Waals surface area contributed by atoms with Crippen molar-refractivity contribution < 1.29 is 13.2 Å². The molecule has 1 heterocycles. The van der Waals surface area contributed by atoms with E-state index in [1.165, 1.54) is 0 Å². The highest BCUT2D eigenvalue weighted by Crippen LogP contribution is 2.27. The lowest BCUT2D eigenvalue weighted by Gasteiger charge is -2.04. The van der Waals surface area contributed by atoms with Crippen LogP contribution in [0.15, 0.2) is 10.7 Å². The summed E-state index contributed by atoms with van der Waals surface area (Å²) in [5.74, 6) is -0.884. The van der Waals surface area contributed by atoms with E-state index in [1.807, 2.05) is 0 Å². The molecule has 0 aliphatic heterocycles. The minimum absolute atomic E-state index is 0.126. The van der Waals surface area contributed by atoms with E-state index in [9.17, 15) is 13.2 Å². The van der Waals surface area contributed by atoms with Crippen LogP contribution in [0, 0.1) is 17.1 Å². The zero-order valence-corrected chi connectivity index (χ0v) is 8.35. The molecule has 0 radical (unpaired) electrons. The molecule has 74 valence electrons. The molecule has 0 aliphatic carbocycles. The summed E-state index contributed by atoms with van der Waals surface area (Å²) in [7, 11) is 0. The van der Waals surface area contributed by atoms with E-state index in [-0.39, 0.29) is 16.7 Å². The number of hydrogen-bond acceptors (Lipinski definition) is 2. The van der Waals surface area contributed by atoms with E-state index in [1.54, 1.807) is 6.07 Å². The van der Waals surface area contributed by atoms with E-state index in [0.29, 0.717) is 6.07 Å². The maximum atomic E-state index is 13.0. The third-order valence-electron chi connectivity index (χ3n) is 1.51. The number of halogens is 4. The molecule has 1 aromatic rings. The highest BCUT2D eigenvalue weighted by Gasteiger charge is 2.16. The first-order valence-corrected chi connectivity index (χ1v) is 4.35. The van der Waals surface area contributed by atoms with E-state index in [0.717, 1.165) is 0 Å². The second-order valence-electron chi connectivity index (χ2n) is 2.43. The van der Waals surface area contributed by atoms with Crippen LogP contribution in [0.2, 0.25) is 0 Å². The fourth-order valence-electron chi connectivity index (χ4n) is 0.868. The maximum Gasteiger partial charge on any atom is 0.266 e. The maximum absolute atomic E-state index is 13.0.